The normalized spacial score (nSPS) is 16.7. The number of nitrogens with one attached hydrogen (secondary N) is 1. The van der Waals surface area contributed by atoms with Crippen molar-refractivity contribution in [2.24, 2.45) is 0 Å². The molecule has 1 aliphatic rings. The van der Waals surface area contributed by atoms with Crippen LogP contribution < -0.4 is 10.2 Å². The van der Waals surface area contributed by atoms with Crippen molar-refractivity contribution in [1.82, 2.24) is 9.97 Å². The molecule has 0 unspecified atom stereocenters. The van der Waals surface area contributed by atoms with E-state index in [1.807, 2.05) is 23.6 Å². The average Bonchev–Trinajstić information content (AvgIpc) is 2.73. The van der Waals surface area contributed by atoms with E-state index >= 15 is 0 Å². The van der Waals surface area contributed by atoms with Gasteiger partial charge in [0.25, 0.3) is 0 Å². The Hall–Kier alpha value is -1.18. The Labute approximate surface area is 126 Å². The average molecular weight is 320 g/mol. The van der Waals surface area contributed by atoms with Gasteiger partial charge < -0.3 is 10.2 Å². The van der Waals surface area contributed by atoms with Crippen LogP contribution in [0, 0.1) is 0 Å². The number of aromatic nitrogens is 2. The molecule has 2 heterocycles. The van der Waals surface area contributed by atoms with Crippen molar-refractivity contribution < 1.29 is 13.2 Å². The fourth-order valence-electron chi connectivity index (χ4n) is 2.03. The highest BCUT2D eigenvalue weighted by Crippen LogP contribution is 2.31. The maximum absolute atomic E-state index is 13.0. The molecule has 0 aromatic carbocycles. The molecular weight excluding hydrogens is 301 g/mol. The molecule has 2 rings (SSSR count). The van der Waals surface area contributed by atoms with Crippen LogP contribution in [0.1, 0.15) is 25.5 Å². The van der Waals surface area contributed by atoms with Gasteiger partial charge in [-0.15, -0.1) is 0 Å². The van der Waals surface area contributed by atoms with Crippen LogP contribution in [0.3, 0.4) is 0 Å². The van der Waals surface area contributed by atoms with Crippen molar-refractivity contribution in [2.75, 3.05) is 41.4 Å². The van der Waals surface area contributed by atoms with Crippen molar-refractivity contribution in [3.05, 3.63) is 11.8 Å². The molecule has 21 heavy (non-hydrogen) atoms. The van der Waals surface area contributed by atoms with E-state index in [0.717, 1.165) is 37.0 Å². The topological polar surface area (TPSA) is 41.1 Å². The lowest BCUT2D eigenvalue weighted by Crippen LogP contribution is -2.27. The highest BCUT2D eigenvalue weighted by Gasteiger charge is 2.34. The molecule has 0 radical (unpaired) electrons. The predicted molar refractivity (Wildman–Crippen MR) is 80.0 cm³/mol. The highest BCUT2D eigenvalue weighted by molar-refractivity contribution is 7.99. The van der Waals surface area contributed by atoms with E-state index < -0.39 is 11.9 Å². The summed E-state index contributed by atoms with van der Waals surface area (Å²) < 4.78 is 38.9. The minimum Gasteiger partial charge on any atom is -0.356 e. The van der Waals surface area contributed by atoms with Crippen molar-refractivity contribution in [2.45, 2.75) is 25.9 Å². The number of anilines is 2. The summed E-state index contributed by atoms with van der Waals surface area (Å²) in [4.78, 5) is 9.74. The molecule has 1 N–H and O–H groups in total. The lowest BCUT2D eigenvalue weighted by molar-refractivity contribution is -0.141. The molecule has 1 saturated heterocycles. The zero-order valence-corrected chi connectivity index (χ0v) is 12.7. The molecule has 0 spiro atoms. The SMILES string of the molecule is CCCNc1nc(N2CCCSCC2)cc(C(F)(F)F)n1. The van der Waals surface area contributed by atoms with E-state index in [1.54, 1.807) is 0 Å². The Kier molecular flexibility index (Phi) is 5.55. The smallest absolute Gasteiger partial charge is 0.356 e. The number of halogens is 3. The first-order valence-corrected chi connectivity index (χ1v) is 8.19. The van der Waals surface area contributed by atoms with Gasteiger partial charge in [0.05, 0.1) is 0 Å². The van der Waals surface area contributed by atoms with Crippen LogP contribution in [-0.2, 0) is 6.18 Å². The maximum Gasteiger partial charge on any atom is 0.433 e. The number of hydrogen-bond acceptors (Lipinski definition) is 5. The third-order valence-corrected chi connectivity index (χ3v) is 4.13. The minimum absolute atomic E-state index is 0.0542. The van der Waals surface area contributed by atoms with Crippen LogP contribution in [0.2, 0.25) is 0 Å². The molecule has 0 atom stereocenters. The molecule has 0 saturated carbocycles. The molecule has 1 aromatic heterocycles. The van der Waals surface area contributed by atoms with Crippen LogP contribution in [0.4, 0.5) is 24.9 Å². The molecular formula is C13H19F3N4S. The van der Waals surface area contributed by atoms with Gasteiger partial charge in [-0.1, -0.05) is 6.92 Å². The predicted octanol–water partition coefficient (Wildman–Crippen LogP) is 3.26. The van der Waals surface area contributed by atoms with E-state index in [9.17, 15) is 13.2 Å². The van der Waals surface area contributed by atoms with E-state index in [4.69, 9.17) is 0 Å². The Bertz CT molecular complexity index is 459. The zero-order valence-electron chi connectivity index (χ0n) is 11.9. The van der Waals surface area contributed by atoms with Crippen LogP contribution in [0.25, 0.3) is 0 Å². The molecule has 4 nitrogen and oxygen atoms in total. The van der Waals surface area contributed by atoms with Crippen molar-refractivity contribution in [1.29, 1.82) is 0 Å². The summed E-state index contributed by atoms with van der Waals surface area (Å²) in [6, 6.07) is 1.05. The third-order valence-electron chi connectivity index (χ3n) is 3.08. The fraction of sp³-hybridized carbons (Fsp3) is 0.692. The van der Waals surface area contributed by atoms with Crippen LogP contribution in [0.15, 0.2) is 6.07 Å². The van der Waals surface area contributed by atoms with E-state index in [-0.39, 0.29) is 5.95 Å². The second-order valence-electron chi connectivity index (χ2n) is 4.81. The molecule has 0 bridgehead atoms. The van der Waals surface area contributed by atoms with Crippen LogP contribution >= 0.6 is 11.8 Å². The lowest BCUT2D eigenvalue weighted by atomic mass is 10.3. The van der Waals surface area contributed by atoms with Gasteiger partial charge in [-0.05, 0) is 18.6 Å². The lowest BCUT2D eigenvalue weighted by Gasteiger charge is -2.22. The second kappa shape index (κ2) is 7.20. The highest BCUT2D eigenvalue weighted by atomic mass is 32.2. The van der Waals surface area contributed by atoms with Gasteiger partial charge >= 0.3 is 6.18 Å². The molecule has 1 aromatic rings. The summed E-state index contributed by atoms with van der Waals surface area (Å²) in [5.74, 6) is 2.36. The van der Waals surface area contributed by atoms with Crippen molar-refractivity contribution >= 4 is 23.5 Å². The monoisotopic (exact) mass is 320 g/mol. The Morgan fingerprint density at radius 1 is 1.29 bits per heavy atom. The van der Waals surface area contributed by atoms with Gasteiger partial charge in [0, 0.05) is 31.5 Å². The zero-order chi connectivity index (χ0) is 15.3. The Balaban J connectivity index is 2.29. The molecule has 1 aliphatic heterocycles. The Morgan fingerprint density at radius 3 is 2.81 bits per heavy atom. The first-order valence-electron chi connectivity index (χ1n) is 7.03. The van der Waals surface area contributed by atoms with Gasteiger partial charge in [0.2, 0.25) is 5.95 Å². The molecule has 0 amide bonds. The van der Waals surface area contributed by atoms with E-state index in [0.29, 0.717) is 18.9 Å². The summed E-state index contributed by atoms with van der Waals surface area (Å²) in [7, 11) is 0. The number of rotatable bonds is 4. The van der Waals surface area contributed by atoms with Gasteiger partial charge in [-0.3, -0.25) is 0 Å². The molecule has 8 heteroatoms. The third kappa shape index (κ3) is 4.66. The molecule has 0 aliphatic carbocycles. The standard InChI is InChI=1S/C13H19F3N4S/c1-2-4-17-12-18-10(13(14,15)16)9-11(19-12)20-5-3-7-21-8-6-20/h9H,2-8H2,1H3,(H,17,18,19). The fourth-order valence-corrected chi connectivity index (χ4v) is 2.92. The summed E-state index contributed by atoms with van der Waals surface area (Å²) in [6.45, 7) is 3.94. The number of alkyl halides is 3. The van der Waals surface area contributed by atoms with Crippen LogP contribution in [0.5, 0.6) is 0 Å². The van der Waals surface area contributed by atoms with Crippen molar-refractivity contribution in [3.8, 4) is 0 Å². The van der Waals surface area contributed by atoms with Gasteiger partial charge in [-0.25, -0.2) is 4.98 Å². The van der Waals surface area contributed by atoms with E-state index in [1.165, 1.54) is 0 Å². The summed E-state index contributed by atoms with van der Waals surface area (Å²) in [5.41, 5.74) is -0.886. The maximum atomic E-state index is 13.0. The summed E-state index contributed by atoms with van der Waals surface area (Å²) in [5, 5.41) is 2.85. The first-order chi connectivity index (χ1) is 10.0. The first kappa shape index (κ1) is 16.2. The quantitative estimate of drug-likeness (QED) is 0.922. The van der Waals surface area contributed by atoms with Crippen LogP contribution in [-0.4, -0.2) is 41.1 Å². The van der Waals surface area contributed by atoms with Gasteiger partial charge in [0.15, 0.2) is 5.69 Å². The minimum atomic E-state index is -4.46. The molecule has 1 fully saturated rings. The largest absolute Gasteiger partial charge is 0.433 e. The summed E-state index contributed by atoms with van der Waals surface area (Å²) in [6.07, 6.45) is -2.70. The second-order valence-corrected chi connectivity index (χ2v) is 6.04. The van der Waals surface area contributed by atoms with Crippen molar-refractivity contribution in [3.63, 3.8) is 0 Å². The molecule has 118 valence electrons. The Morgan fingerprint density at radius 2 is 2.10 bits per heavy atom. The number of hydrogen-bond donors (Lipinski definition) is 1. The van der Waals surface area contributed by atoms with Gasteiger partial charge in [-0.2, -0.15) is 29.9 Å². The van der Waals surface area contributed by atoms with Gasteiger partial charge in [0.1, 0.15) is 5.82 Å². The number of thioether (sulfide) groups is 1. The summed E-state index contributed by atoms with van der Waals surface area (Å²) >= 11 is 1.82. The van der Waals surface area contributed by atoms with E-state index in [2.05, 4.69) is 15.3 Å². The number of nitrogens with zero attached hydrogens (tertiary/aromatic N) is 3.